The van der Waals surface area contributed by atoms with Crippen LogP contribution in [0.15, 0.2) is 12.1 Å². The van der Waals surface area contributed by atoms with Gasteiger partial charge in [0.25, 0.3) is 0 Å². The highest BCUT2D eigenvalue weighted by Gasteiger charge is 2.32. The minimum Gasteiger partial charge on any atom is -0.389 e. The van der Waals surface area contributed by atoms with Gasteiger partial charge in [0.15, 0.2) is 0 Å². The van der Waals surface area contributed by atoms with Crippen molar-refractivity contribution in [3.8, 4) is 0 Å². The van der Waals surface area contributed by atoms with Crippen LogP contribution in [-0.2, 0) is 0 Å². The molecule has 1 aromatic rings. The van der Waals surface area contributed by atoms with E-state index >= 15 is 0 Å². The minimum atomic E-state index is -0.633. The van der Waals surface area contributed by atoms with Gasteiger partial charge in [0.1, 0.15) is 22.3 Å². The zero-order valence-electron chi connectivity index (χ0n) is 11.7. The number of thiocarbonyl (C=S) groups is 1. The first-order chi connectivity index (χ1) is 10.0. The van der Waals surface area contributed by atoms with Crippen molar-refractivity contribution >= 4 is 22.9 Å². The van der Waals surface area contributed by atoms with Crippen molar-refractivity contribution in [2.45, 2.75) is 37.8 Å². The van der Waals surface area contributed by atoms with Crippen molar-refractivity contribution < 1.29 is 8.78 Å². The molecule has 21 heavy (non-hydrogen) atoms. The maximum absolute atomic E-state index is 14.1. The van der Waals surface area contributed by atoms with Crippen molar-refractivity contribution in [2.24, 2.45) is 5.73 Å². The van der Waals surface area contributed by atoms with Crippen LogP contribution >= 0.6 is 12.2 Å². The van der Waals surface area contributed by atoms with Crippen LogP contribution in [0.5, 0.6) is 0 Å². The Balaban J connectivity index is 1.74. The van der Waals surface area contributed by atoms with Crippen LogP contribution in [0, 0.1) is 11.6 Å². The maximum Gasteiger partial charge on any atom is 0.150 e. The number of rotatable bonds is 3. The predicted octanol–water partition coefficient (Wildman–Crippen LogP) is 2.64. The van der Waals surface area contributed by atoms with E-state index in [1.54, 1.807) is 0 Å². The molecule has 0 spiro atoms. The normalized spacial score (nSPS) is 25.6. The quantitative estimate of drug-likeness (QED) is 0.842. The van der Waals surface area contributed by atoms with Gasteiger partial charge in [-0.1, -0.05) is 12.2 Å². The number of hydrogen-bond acceptors (Lipinski definition) is 3. The number of fused-ring (bicyclic) bond motifs is 1. The lowest BCUT2D eigenvalue weighted by Crippen LogP contribution is -2.43. The molecule has 0 aromatic heterocycles. The Morgan fingerprint density at radius 1 is 1.24 bits per heavy atom. The maximum atomic E-state index is 14.1. The monoisotopic (exact) mass is 311 g/mol. The van der Waals surface area contributed by atoms with E-state index in [0.29, 0.717) is 6.04 Å². The molecule has 2 saturated heterocycles. The molecule has 2 aliphatic heterocycles. The molecule has 114 valence electrons. The molecule has 0 bridgehead atoms. The van der Waals surface area contributed by atoms with Crippen molar-refractivity contribution in [3.63, 3.8) is 0 Å². The van der Waals surface area contributed by atoms with Crippen molar-refractivity contribution in [3.05, 3.63) is 29.3 Å². The van der Waals surface area contributed by atoms with Gasteiger partial charge in [-0.05, 0) is 44.4 Å². The molecule has 3 rings (SSSR count). The van der Waals surface area contributed by atoms with Crippen molar-refractivity contribution in [1.82, 2.24) is 4.90 Å². The molecule has 0 aliphatic carbocycles. The molecule has 3 nitrogen and oxygen atoms in total. The summed E-state index contributed by atoms with van der Waals surface area (Å²) in [5.74, 6) is -1.27. The van der Waals surface area contributed by atoms with E-state index in [2.05, 4.69) is 10.2 Å². The molecule has 3 N–H and O–H groups in total. The number of nitrogens with one attached hydrogen (secondary N) is 1. The Morgan fingerprint density at radius 2 is 1.95 bits per heavy atom. The number of nitrogens with two attached hydrogens (primary N) is 1. The highest BCUT2D eigenvalue weighted by Crippen LogP contribution is 2.30. The summed E-state index contributed by atoms with van der Waals surface area (Å²) in [4.78, 5) is 2.47. The Morgan fingerprint density at radius 3 is 2.62 bits per heavy atom. The number of piperidine rings is 1. The molecular formula is C15H19F2N3S. The molecule has 2 atom stereocenters. The molecule has 1 aromatic carbocycles. The first-order valence-corrected chi connectivity index (χ1v) is 7.75. The molecular weight excluding hydrogens is 292 g/mol. The van der Waals surface area contributed by atoms with Crippen LogP contribution in [0.3, 0.4) is 0 Å². The van der Waals surface area contributed by atoms with Crippen LogP contribution in [0.1, 0.15) is 31.2 Å². The van der Waals surface area contributed by atoms with Gasteiger partial charge in [0.05, 0.1) is 0 Å². The zero-order chi connectivity index (χ0) is 15.0. The first-order valence-electron chi connectivity index (χ1n) is 7.34. The number of nitrogens with zero attached hydrogens (tertiary/aromatic N) is 1. The van der Waals surface area contributed by atoms with Gasteiger partial charge in [-0.3, -0.25) is 0 Å². The van der Waals surface area contributed by atoms with Gasteiger partial charge in [-0.15, -0.1) is 0 Å². The lowest BCUT2D eigenvalue weighted by atomic mass is 9.97. The third kappa shape index (κ3) is 3.01. The Bertz CT molecular complexity index is 541. The molecule has 6 heteroatoms. The summed E-state index contributed by atoms with van der Waals surface area (Å²) in [6, 6.07) is 3.05. The van der Waals surface area contributed by atoms with Crippen LogP contribution in [0.25, 0.3) is 0 Å². The van der Waals surface area contributed by atoms with Gasteiger partial charge in [-0.2, -0.15) is 0 Å². The summed E-state index contributed by atoms with van der Waals surface area (Å²) in [6.45, 7) is 2.15. The van der Waals surface area contributed by atoms with Gasteiger partial charge in [0.2, 0.25) is 0 Å². The highest BCUT2D eigenvalue weighted by atomic mass is 32.1. The SMILES string of the molecule is NC(=S)c1cc(F)c(NC2CCN3CCCC3C2)c(F)c1. The van der Waals surface area contributed by atoms with Crippen LogP contribution in [0.4, 0.5) is 14.5 Å². The third-order valence-corrected chi connectivity index (χ3v) is 4.73. The van der Waals surface area contributed by atoms with Gasteiger partial charge in [0, 0.05) is 24.2 Å². The predicted molar refractivity (Wildman–Crippen MR) is 83.5 cm³/mol. The third-order valence-electron chi connectivity index (χ3n) is 4.50. The van der Waals surface area contributed by atoms with Crippen molar-refractivity contribution in [2.75, 3.05) is 18.4 Å². The second-order valence-electron chi connectivity index (χ2n) is 5.88. The summed E-state index contributed by atoms with van der Waals surface area (Å²) in [5, 5.41) is 3.04. The average molecular weight is 311 g/mol. The topological polar surface area (TPSA) is 41.3 Å². The molecule has 0 radical (unpaired) electrons. The van der Waals surface area contributed by atoms with E-state index in [1.807, 2.05) is 0 Å². The zero-order valence-corrected chi connectivity index (χ0v) is 12.6. The molecule has 0 saturated carbocycles. The molecule has 2 fully saturated rings. The lowest BCUT2D eigenvalue weighted by Gasteiger charge is -2.35. The van der Waals surface area contributed by atoms with Crippen LogP contribution < -0.4 is 11.1 Å². The number of hydrogen-bond donors (Lipinski definition) is 2. The van der Waals surface area contributed by atoms with E-state index < -0.39 is 11.6 Å². The van der Waals surface area contributed by atoms with Gasteiger partial charge < -0.3 is 16.0 Å². The lowest BCUT2D eigenvalue weighted by molar-refractivity contribution is 0.188. The standard InChI is InChI=1S/C15H19F2N3S/c16-12-6-9(15(18)21)7-13(17)14(12)19-10-3-5-20-4-1-2-11(20)8-10/h6-7,10-11,19H,1-5,8H2,(H2,18,21). The minimum absolute atomic E-state index is 0.00128. The molecule has 2 unspecified atom stereocenters. The summed E-state index contributed by atoms with van der Waals surface area (Å²) in [7, 11) is 0. The van der Waals surface area contributed by atoms with E-state index in [9.17, 15) is 8.78 Å². The number of anilines is 1. The smallest absolute Gasteiger partial charge is 0.150 e. The highest BCUT2D eigenvalue weighted by molar-refractivity contribution is 7.80. The second kappa shape index (κ2) is 5.85. The fourth-order valence-corrected chi connectivity index (χ4v) is 3.53. The number of halogens is 2. The van der Waals surface area contributed by atoms with Crippen LogP contribution in [-0.4, -0.2) is 35.1 Å². The molecule has 2 heterocycles. The average Bonchev–Trinajstić information content (AvgIpc) is 2.90. The first kappa shape index (κ1) is 14.7. The molecule has 0 amide bonds. The fourth-order valence-electron chi connectivity index (χ4n) is 3.41. The largest absolute Gasteiger partial charge is 0.389 e. The Hall–Kier alpha value is -1.27. The van der Waals surface area contributed by atoms with Gasteiger partial charge in [-0.25, -0.2) is 8.78 Å². The fraction of sp³-hybridized carbons (Fsp3) is 0.533. The molecule has 2 aliphatic rings. The van der Waals surface area contributed by atoms with E-state index in [4.69, 9.17) is 18.0 Å². The summed E-state index contributed by atoms with van der Waals surface area (Å²) >= 11 is 4.76. The van der Waals surface area contributed by atoms with Gasteiger partial charge >= 0.3 is 0 Å². The summed E-state index contributed by atoms with van der Waals surface area (Å²) in [6.07, 6.45) is 4.26. The summed E-state index contributed by atoms with van der Waals surface area (Å²) < 4.78 is 28.1. The Labute approximate surface area is 128 Å². The van der Waals surface area contributed by atoms with Crippen molar-refractivity contribution in [1.29, 1.82) is 0 Å². The van der Waals surface area contributed by atoms with Crippen LogP contribution in [0.2, 0.25) is 0 Å². The van der Waals surface area contributed by atoms with E-state index in [1.165, 1.54) is 25.0 Å². The summed E-state index contributed by atoms with van der Waals surface area (Å²) in [5.41, 5.74) is 5.57. The second-order valence-corrected chi connectivity index (χ2v) is 6.32. The number of benzene rings is 1. The van der Waals surface area contributed by atoms with E-state index in [-0.39, 0.29) is 22.3 Å². The van der Waals surface area contributed by atoms with E-state index in [0.717, 1.165) is 25.9 Å². The Kier molecular flexibility index (Phi) is 4.08.